The fraction of sp³-hybridized carbons (Fsp3) is 0.333. The van der Waals surface area contributed by atoms with E-state index in [1.54, 1.807) is 19.2 Å². The number of hydrogen-bond acceptors (Lipinski definition) is 7. The molecule has 1 amide bonds. The van der Waals surface area contributed by atoms with Crippen molar-refractivity contribution in [2.75, 3.05) is 19.0 Å². The molecule has 0 aliphatic rings. The Kier molecular flexibility index (Phi) is 4.54. The van der Waals surface area contributed by atoms with Gasteiger partial charge < -0.3 is 20.5 Å². The molecule has 21 heavy (non-hydrogen) atoms. The SMILES string of the molecule is COc1cc(CNc2nnnn2C)ccc1OCC(N)=O. The van der Waals surface area contributed by atoms with E-state index in [-0.39, 0.29) is 6.61 Å². The van der Waals surface area contributed by atoms with Crippen LogP contribution in [0.3, 0.4) is 0 Å². The lowest BCUT2D eigenvalue weighted by atomic mass is 10.2. The number of aryl methyl sites for hydroxylation is 1. The highest BCUT2D eigenvalue weighted by molar-refractivity contribution is 5.75. The first-order chi connectivity index (χ1) is 10.1. The Balaban J connectivity index is 2.04. The molecule has 0 atom stereocenters. The van der Waals surface area contributed by atoms with Crippen molar-refractivity contribution in [3.63, 3.8) is 0 Å². The van der Waals surface area contributed by atoms with Gasteiger partial charge >= 0.3 is 0 Å². The Morgan fingerprint density at radius 1 is 1.43 bits per heavy atom. The lowest BCUT2D eigenvalue weighted by Crippen LogP contribution is -2.20. The molecule has 0 spiro atoms. The van der Waals surface area contributed by atoms with Crippen molar-refractivity contribution in [2.24, 2.45) is 12.8 Å². The van der Waals surface area contributed by atoms with E-state index in [4.69, 9.17) is 15.2 Å². The molecule has 2 rings (SSSR count). The van der Waals surface area contributed by atoms with E-state index in [0.717, 1.165) is 5.56 Å². The monoisotopic (exact) mass is 292 g/mol. The fourth-order valence-corrected chi connectivity index (χ4v) is 1.65. The summed E-state index contributed by atoms with van der Waals surface area (Å²) in [6, 6.07) is 5.36. The lowest BCUT2D eigenvalue weighted by Gasteiger charge is -2.11. The number of methoxy groups -OCH3 is 1. The molecule has 0 saturated heterocycles. The van der Waals surface area contributed by atoms with Gasteiger partial charge in [0.15, 0.2) is 18.1 Å². The highest BCUT2D eigenvalue weighted by Gasteiger charge is 2.08. The zero-order valence-electron chi connectivity index (χ0n) is 11.7. The number of primary amides is 1. The van der Waals surface area contributed by atoms with Crippen LogP contribution in [0.2, 0.25) is 0 Å². The van der Waals surface area contributed by atoms with Gasteiger partial charge in [0.25, 0.3) is 5.91 Å². The summed E-state index contributed by atoms with van der Waals surface area (Å²) in [7, 11) is 3.26. The molecule has 9 nitrogen and oxygen atoms in total. The normalized spacial score (nSPS) is 10.2. The molecule has 1 aromatic heterocycles. The molecular weight excluding hydrogens is 276 g/mol. The largest absolute Gasteiger partial charge is 0.493 e. The van der Waals surface area contributed by atoms with Crippen molar-refractivity contribution >= 4 is 11.9 Å². The van der Waals surface area contributed by atoms with Gasteiger partial charge in [-0.1, -0.05) is 11.2 Å². The Morgan fingerprint density at radius 3 is 2.86 bits per heavy atom. The number of rotatable bonds is 7. The smallest absolute Gasteiger partial charge is 0.255 e. The number of benzene rings is 1. The van der Waals surface area contributed by atoms with Gasteiger partial charge in [0.1, 0.15) is 0 Å². The average Bonchev–Trinajstić information content (AvgIpc) is 2.88. The van der Waals surface area contributed by atoms with Crippen LogP contribution in [0.15, 0.2) is 18.2 Å². The van der Waals surface area contributed by atoms with Crippen molar-refractivity contribution in [3.05, 3.63) is 23.8 Å². The molecule has 0 bridgehead atoms. The molecule has 0 aliphatic heterocycles. The summed E-state index contributed by atoms with van der Waals surface area (Å²) in [4.78, 5) is 10.7. The Morgan fingerprint density at radius 2 is 2.24 bits per heavy atom. The van der Waals surface area contributed by atoms with Crippen molar-refractivity contribution < 1.29 is 14.3 Å². The average molecular weight is 292 g/mol. The number of anilines is 1. The van der Waals surface area contributed by atoms with E-state index in [2.05, 4.69) is 20.8 Å². The molecule has 0 saturated carbocycles. The number of ether oxygens (including phenoxy) is 2. The van der Waals surface area contributed by atoms with Gasteiger partial charge in [-0.25, -0.2) is 4.68 Å². The summed E-state index contributed by atoms with van der Waals surface area (Å²) in [5.74, 6) is 0.993. The van der Waals surface area contributed by atoms with E-state index >= 15 is 0 Å². The van der Waals surface area contributed by atoms with Crippen LogP contribution >= 0.6 is 0 Å². The Labute approximate surface area is 121 Å². The fourth-order valence-electron chi connectivity index (χ4n) is 1.65. The topological polar surface area (TPSA) is 117 Å². The first-order valence-corrected chi connectivity index (χ1v) is 6.14. The summed E-state index contributed by atoms with van der Waals surface area (Å²) in [5.41, 5.74) is 5.99. The van der Waals surface area contributed by atoms with Crippen LogP contribution in [0.25, 0.3) is 0 Å². The van der Waals surface area contributed by atoms with Crippen LogP contribution in [0.5, 0.6) is 11.5 Å². The number of nitrogens with zero attached hydrogens (tertiary/aromatic N) is 4. The van der Waals surface area contributed by atoms with Crippen molar-refractivity contribution in [2.45, 2.75) is 6.54 Å². The molecule has 1 heterocycles. The number of carbonyl (C=O) groups is 1. The zero-order chi connectivity index (χ0) is 15.2. The predicted octanol–water partition coefficient (Wildman–Crippen LogP) is -0.305. The number of nitrogens with two attached hydrogens (primary N) is 1. The van der Waals surface area contributed by atoms with Crippen LogP contribution in [-0.2, 0) is 18.4 Å². The van der Waals surface area contributed by atoms with Gasteiger partial charge in [0.05, 0.1) is 7.11 Å². The number of aromatic nitrogens is 4. The maximum atomic E-state index is 10.7. The van der Waals surface area contributed by atoms with E-state index < -0.39 is 5.91 Å². The van der Waals surface area contributed by atoms with Crippen LogP contribution in [0.4, 0.5) is 5.95 Å². The maximum absolute atomic E-state index is 10.7. The molecule has 0 radical (unpaired) electrons. The Bertz CT molecular complexity index is 627. The van der Waals surface area contributed by atoms with Gasteiger partial charge in [0.2, 0.25) is 5.95 Å². The predicted molar refractivity (Wildman–Crippen MR) is 73.8 cm³/mol. The summed E-state index contributed by atoms with van der Waals surface area (Å²) < 4.78 is 12.0. The molecule has 1 aromatic carbocycles. The van der Waals surface area contributed by atoms with E-state index in [1.165, 1.54) is 11.8 Å². The van der Waals surface area contributed by atoms with E-state index in [9.17, 15) is 4.79 Å². The second-order valence-corrected chi connectivity index (χ2v) is 4.22. The second kappa shape index (κ2) is 6.55. The molecule has 112 valence electrons. The summed E-state index contributed by atoms with van der Waals surface area (Å²) in [6.07, 6.45) is 0. The third kappa shape index (κ3) is 3.81. The Hall–Kier alpha value is -2.84. The summed E-state index contributed by atoms with van der Waals surface area (Å²) in [5, 5.41) is 14.2. The van der Waals surface area contributed by atoms with E-state index in [0.29, 0.717) is 24.0 Å². The minimum Gasteiger partial charge on any atom is -0.493 e. The summed E-state index contributed by atoms with van der Waals surface area (Å²) >= 11 is 0. The number of tetrazole rings is 1. The van der Waals surface area contributed by atoms with Gasteiger partial charge in [-0.05, 0) is 28.1 Å². The van der Waals surface area contributed by atoms with Gasteiger partial charge in [-0.3, -0.25) is 4.79 Å². The van der Waals surface area contributed by atoms with Crippen molar-refractivity contribution in [3.8, 4) is 11.5 Å². The van der Waals surface area contributed by atoms with Crippen LogP contribution in [-0.4, -0.2) is 39.8 Å². The number of nitrogens with one attached hydrogen (secondary N) is 1. The maximum Gasteiger partial charge on any atom is 0.255 e. The second-order valence-electron chi connectivity index (χ2n) is 4.22. The first kappa shape index (κ1) is 14.6. The van der Waals surface area contributed by atoms with Crippen molar-refractivity contribution in [1.29, 1.82) is 0 Å². The molecule has 2 aromatic rings. The lowest BCUT2D eigenvalue weighted by molar-refractivity contribution is -0.119. The minimum absolute atomic E-state index is 0.196. The first-order valence-electron chi connectivity index (χ1n) is 6.14. The number of carbonyl (C=O) groups excluding carboxylic acids is 1. The molecule has 0 aliphatic carbocycles. The van der Waals surface area contributed by atoms with E-state index in [1.807, 2.05) is 6.07 Å². The van der Waals surface area contributed by atoms with Crippen molar-refractivity contribution in [1.82, 2.24) is 20.2 Å². The van der Waals surface area contributed by atoms with Gasteiger partial charge in [-0.2, -0.15) is 0 Å². The summed E-state index contributed by atoms with van der Waals surface area (Å²) in [6.45, 7) is 0.319. The van der Waals surface area contributed by atoms with Crippen LogP contribution in [0.1, 0.15) is 5.56 Å². The molecular formula is C12H16N6O3. The quantitative estimate of drug-likeness (QED) is 0.719. The number of amides is 1. The number of hydrogen-bond donors (Lipinski definition) is 2. The highest BCUT2D eigenvalue weighted by Crippen LogP contribution is 2.28. The van der Waals surface area contributed by atoms with Gasteiger partial charge in [0, 0.05) is 13.6 Å². The highest BCUT2D eigenvalue weighted by atomic mass is 16.5. The molecule has 3 N–H and O–H groups in total. The molecule has 9 heteroatoms. The standard InChI is InChI=1S/C12H16N6O3/c1-18-12(15-16-17-18)14-6-8-3-4-9(10(5-8)20-2)21-7-11(13)19/h3-5H,6-7H2,1-2H3,(H2,13,19)(H,14,15,17). The van der Waals surface area contributed by atoms with Crippen LogP contribution < -0.4 is 20.5 Å². The zero-order valence-corrected chi connectivity index (χ0v) is 11.7. The van der Waals surface area contributed by atoms with Crippen LogP contribution in [0, 0.1) is 0 Å². The third-order valence-electron chi connectivity index (χ3n) is 2.67. The third-order valence-corrected chi connectivity index (χ3v) is 2.67. The molecule has 0 fully saturated rings. The van der Waals surface area contributed by atoms with Gasteiger partial charge in [-0.15, -0.1) is 0 Å². The minimum atomic E-state index is -0.544. The molecule has 0 unspecified atom stereocenters.